The van der Waals surface area contributed by atoms with Crippen molar-refractivity contribution in [3.05, 3.63) is 57.5 Å². The predicted molar refractivity (Wildman–Crippen MR) is 93.8 cm³/mol. The third kappa shape index (κ3) is 3.66. The number of benzene rings is 2. The van der Waals surface area contributed by atoms with Gasteiger partial charge in [-0.1, -0.05) is 51.4 Å². The number of nitrogens with zero attached hydrogens (tertiary/aromatic N) is 1. The first-order valence-electron chi connectivity index (χ1n) is 6.09. The van der Waals surface area contributed by atoms with E-state index in [4.69, 9.17) is 11.6 Å². The Morgan fingerprint density at radius 2 is 2.00 bits per heavy atom. The number of halogens is 2. The van der Waals surface area contributed by atoms with Crippen molar-refractivity contribution in [2.24, 2.45) is 0 Å². The quantitative estimate of drug-likeness (QED) is 0.418. The van der Waals surface area contributed by atoms with Crippen molar-refractivity contribution in [1.82, 2.24) is 4.98 Å². The largest absolute Gasteiger partial charge is 0.293 e. The molecule has 3 rings (SSSR count). The monoisotopic (exact) mass is 397 g/mol. The molecule has 0 amide bonds. The lowest BCUT2D eigenvalue weighted by Crippen LogP contribution is -2.01. The molecule has 106 valence electrons. The van der Waals surface area contributed by atoms with Crippen LogP contribution in [0, 0.1) is 0 Å². The van der Waals surface area contributed by atoms with Gasteiger partial charge in [0.05, 0.1) is 16.0 Å². The molecule has 6 heteroatoms. The molecular weight excluding hydrogens is 390 g/mol. The summed E-state index contributed by atoms with van der Waals surface area (Å²) < 4.78 is 2.94. The minimum absolute atomic E-state index is 0.102. The van der Waals surface area contributed by atoms with Gasteiger partial charge in [-0.15, -0.1) is 11.3 Å². The lowest BCUT2D eigenvalue weighted by molar-refractivity contribution is 0.102. The first kappa shape index (κ1) is 15.0. The summed E-state index contributed by atoms with van der Waals surface area (Å²) in [6.45, 7) is 0. The van der Waals surface area contributed by atoms with E-state index in [-0.39, 0.29) is 5.78 Å². The Labute approximate surface area is 143 Å². The number of ketones is 1. The van der Waals surface area contributed by atoms with Crippen LogP contribution in [-0.2, 0) is 0 Å². The SMILES string of the molecule is O=C(CSc1nc2cc(Cl)ccc2s1)c1ccc(Br)cc1. The van der Waals surface area contributed by atoms with Crippen LogP contribution in [0.3, 0.4) is 0 Å². The normalized spacial score (nSPS) is 11.0. The molecule has 0 unspecified atom stereocenters. The average molecular weight is 399 g/mol. The van der Waals surface area contributed by atoms with Gasteiger partial charge >= 0.3 is 0 Å². The fourth-order valence-electron chi connectivity index (χ4n) is 1.79. The second-order valence-corrected chi connectivity index (χ2v) is 7.92. The summed E-state index contributed by atoms with van der Waals surface area (Å²) in [5, 5.41) is 0.676. The Morgan fingerprint density at radius 1 is 1.24 bits per heavy atom. The van der Waals surface area contributed by atoms with E-state index in [0.717, 1.165) is 24.6 Å². The van der Waals surface area contributed by atoms with Crippen molar-refractivity contribution in [2.75, 3.05) is 5.75 Å². The number of carbonyl (C=O) groups is 1. The number of rotatable bonds is 4. The minimum atomic E-state index is 0.102. The maximum atomic E-state index is 12.1. The summed E-state index contributed by atoms with van der Waals surface area (Å²) in [5.74, 6) is 0.486. The lowest BCUT2D eigenvalue weighted by Gasteiger charge is -1.99. The molecule has 0 aliphatic heterocycles. The third-order valence-corrected chi connectivity index (χ3v) is 5.77. The molecule has 1 aromatic heterocycles. The van der Waals surface area contributed by atoms with Crippen molar-refractivity contribution in [3.63, 3.8) is 0 Å². The summed E-state index contributed by atoms with van der Waals surface area (Å²) in [4.78, 5) is 16.6. The molecule has 0 N–H and O–H groups in total. The van der Waals surface area contributed by atoms with Gasteiger partial charge in [0, 0.05) is 15.1 Å². The van der Waals surface area contributed by atoms with Crippen LogP contribution in [0.5, 0.6) is 0 Å². The number of thiazole rings is 1. The van der Waals surface area contributed by atoms with Crippen molar-refractivity contribution < 1.29 is 4.79 Å². The Kier molecular flexibility index (Phi) is 4.64. The van der Waals surface area contributed by atoms with Crippen molar-refractivity contribution in [3.8, 4) is 0 Å². The molecule has 0 saturated carbocycles. The topological polar surface area (TPSA) is 30.0 Å². The van der Waals surface area contributed by atoms with E-state index in [1.165, 1.54) is 11.8 Å². The Morgan fingerprint density at radius 3 is 2.76 bits per heavy atom. The number of Topliss-reactive ketones (excluding diaryl/α,β-unsaturated/α-hetero) is 1. The molecule has 0 aliphatic carbocycles. The molecule has 0 radical (unpaired) electrons. The number of hydrogen-bond donors (Lipinski definition) is 0. The highest BCUT2D eigenvalue weighted by Gasteiger charge is 2.10. The van der Waals surface area contributed by atoms with Gasteiger partial charge in [-0.2, -0.15) is 0 Å². The third-order valence-electron chi connectivity index (χ3n) is 2.82. The van der Waals surface area contributed by atoms with Gasteiger partial charge in [0.1, 0.15) is 0 Å². The molecule has 21 heavy (non-hydrogen) atoms. The maximum Gasteiger partial charge on any atom is 0.173 e. The second kappa shape index (κ2) is 6.48. The molecule has 3 aromatic rings. The maximum absolute atomic E-state index is 12.1. The van der Waals surface area contributed by atoms with Crippen LogP contribution in [-0.4, -0.2) is 16.5 Å². The first-order chi connectivity index (χ1) is 10.1. The van der Waals surface area contributed by atoms with Crippen molar-refractivity contribution >= 4 is 66.6 Å². The van der Waals surface area contributed by atoms with E-state index < -0.39 is 0 Å². The van der Waals surface area contributed by atoms with Gasteiger partial charge in [-0.05, 0) is 30.3 Å². The van der Waals surface area contributed by atoms with Crippen molar-refractivity contribution in [1.29, 1.82) is 0 Å². The highest BCUT2D eigenvalue weighted by atomic mass is 79.9. The van der Waals surface area contributed by atoms with Gasteiger partial charge in [0.15, 0.2) is 10.1 Å². The smallest absolute Gasteiger partial charge is 0.173 e. The number of aromatic nitrogens is 1. The van der Waals surface area contributed by atoms with Crippen LogP contribution in [0.15, 0.2) is 51.3 Å². The number of fused-ring (bicyclic) bond motifs is 1. The molecule has 0 bridgehead atoms. The molecule has 2 aromatic carbocycles. The van der Waals surface area contributed by atoms with E-state index >= 15 is 0 Å². The second-order valence-electron chi connectivity index (χ2n) is 4.31. The molecule has 0 fully saturated rings. The number of carbonyl (C=O) groups excluding carboxylic acids is 1. The summed E-state index contributed by atoms with van der Waals surface area (Å²) in [6, 6.07) is 13.0. The lowest BCUT2D eigenvalue weighted by atomic mass is 10.2. The van der Waals surface area contributed by atoms with Crippen molar-refractivity contribution in [2.45, 2.75) is 4.34 Å². The first-order valence-corrected chi connectivity index (χ1v) is 9.07. The van der Waals surface area contributed by atoms with Gasteiger partial charge in [0.25, 0.3) is 0 Å². The average Bonchev–Trinajstić information content (AvgIpc) is 2.87. The zero-order valence-electron chi connectivity index (χ0n) is 10.7. The van der Waals surface area contributed by atoms with E-state index in [0.29, 0.717) is 10.8 Å². The van der Waals surface area contributed by atoms with Gasteiger partial charge in [0.2, 0.25) is 0 Å². The standard InChI is InChI=1S/C15H9BrClNOS2/c16-10-3-1-9(2-4-10)13(19)8-20-15-18-12-7-11(17)5-6-14(12)21-15/h1-7H,8H2. The van der Waals surface area contributed by atoms with Crippen LogP contribution < -0.4 is 0 Å². The van der Waals surface area contributed by atoms with Crippen LogP contribution in [0.2, 0.25) is 5.02 Å². The number of thioether (sulfide) groups is 1. The van der Waals surface area contributed by atoms with E-state index in [2.05, 4.69) is 20.9 Å². The fraction of sp³-hybridized carbons (Fsp3) is 0.0667. The van der Waals surface area contributed by atoms with Crippen LogP contribution >= 0.6 is 50.6 Å². The molecule has 0 aliphatic rings. The molecule has 0 atom stereocenters. The Balaban J connectivity index is 1.71. The zero-order valence-corrected chi connectivity index (χ0v) is 14.7. The fourth-order valence-corrected chi connectivity index (χ4v) is 4.16. The zero-order chi connectivity index (χ0) is 14.8. The summed E-state index contributed by atoms with van der Waals surface area (Å²) in [6.07, 6.45) is 0. The van der Waals surface area contributed by atoms with E-state index in [1.54, 1.807) is 11.3 Å². The van der Waals surface area contributed by atoms with Gasteiger partial charge < -0.3 is 0 Å². The van der Waals surface area contributed by atoms with Crippen LogP contribution in [0.25, 0.3) is 10.2 Å². The van der Waals surface area contributed by atoms with Gasteiger partial charge in [-0.25, -0.2) is 4.98 Å². The molecule has 0 spiro atoms. The molecule has 1 heterocycles. The molecule has 2 nitrogen and oxygen atoms in total. The van der Waals surface area contributed by atoms with Gasteiger partial charge in [-0.3, -0.25) is 4.79 Å². The number of hydrogen-bond acceptors (Lipinski definition) is 4. The summed E-state index contributed by atoms with van der Waals surface area (Å²) in [5.41, 5.74) is 1.60. The summed E-state index contributed by atoms with van der Waals surface area (Å²) >= 11 is 12.3. The predicted octanol–water partition coefficient (Wildman–Crippen LogP) is 5.69. The van der Waals surface area contributed by atoms with E-state index in [9.17, 15) is 4.79 Å². The Bertz CT molecular complexity index is 801. The highest BCUT2D eigenvalue weighted by Crippen LogP contribution is 2.31. The molecule has 0 saturated heterocycles. The molecular formula is C15H9BrClNOS2. The summed E-state index contributed by atoms with van der Waals surface area (Å²) in [7, 11) is 0. The minimum Gasteiger partial charge on any atom is -0.293 e. The van der Waals surface area contributed by atoms with Crippen LogP contribution in [0.4, 0.5) is 0 Å². The Hall–Kier alpha value is -0.880. The highest BCUT2D eigenvalue weighted by molar-refractivity contribution is 9.10. The van der Waals surface area contributed by atoms with E-state index in [1.807, 2.05) is 42.5 Å². The van der Waals surface area contributed by atoms with Crippen LogP contribution in [0.1, 0.15) is 10.4 Å².